The van der Waals surface area contributed by atoms with Crippen molar-refractivity contribution in [3.05, 3.63) is 45.7 Å². The Labute approximate surface area is 133 Å². The monoisotopic (exact) mass is 342 g/mol. The second-order valence-corrected chi connectivity index (χ2v) is 6.90. The van der Waals surface area contributed by atoms with Crippen molar-refractivity contribution in [3.63, 3.8) is 0 Å². The van der Waals surface area contributed by atoms with Crippen LogP contribution in [0.5, 0.6) is 5.88 Å². The van der Waals surface area contributed by atoms with Crippen molar-refractivity contribution < 1.29 is 13.2 Å². The number of nitrogens with one attached hydrogen (secondary N) is 1. The molecule has 0 aliphatic heterocycles. The molecule has 1 atom stereocenters. The molecular formula is C14H15ClN2O4S. The van der Waals surface area contributed by atoms with Crippen LogP contribution in [-0.2, 0) is 9.84 Å². The highest BCUT2D eigenvalue weighted by Gasteiger charge is 2.24. The Balaban J connectivity index is 2.53. The van der Waals surface area contributed by atoms with E-state index in [2.05, 4.69) is 9.97 Å². The summed E-state index contributed by atoms with van der Waals surface area (Å²) in [7, 11) is -4.04. The van der Waals surface area contributed by atoms with Crippen LogP contribution in [0.3, 0.4) is 0 Å². The second-order valence-electron chi connectivity index (χ2n) is 4.66. The van der Waals surface area contributed by atoms with E-state index >= 15 is 0 Å². The minimum Gasteiger partial charge on any atom is -0.474 e. The third-order valence-electron chi connectivity index (χ3n) is 2.97. The molecule has 1 aromatic carbocycles. The molecule has 1 unspecified atom stereocenters. The van der Waals surface area contributed by atoms with Gasteiger partial charge in [0.2, 0.25) is 20.9 Å². The van der Waals surface area contributed by atoms with E-state index in [1.807, 2.05) is 6.92 Å². The first-order valence-corrected chi connectivity index (χ1v) is 8.48. The number of H-pyrrole nitrogens is 1. The molecule has 1 heterocycles. The second kappa shape index (κ2) is 6.50. The minimum atomic E-state index is -4.04. The van der Waals surface area contributed by atoms with Crippen molar-refractivity contribution in [1.29, 1.82) is 0 Å². The molecule has 2 rings (SSSR count). The smallest absolute Gasteiger partial charge is 0.255 e. The van der Waals surface area contributed by atoms with Crippen LogP contribution in [-0.4, -0.2) is 24.5 Å². The SMILES string of the molecule is CCC(C)Oc1cc(=O)[nH]c(S(=O)(=O)c2ccccc2Cl)n1. The molecule has 118 valence electrons. The van der Waals surface area contributed by atoms with E-state index in [0.717, 1.165) is 6.07 Å². The maximum atomic E-state index is 12.5. The van der Waals surface area contributed by atoms with E-state index in [1.54, 1.807) is 13.0 Å². The van der Waals surface area contributed by atoms with Gasteiger partial charge in [0.25, 0.3) is 5.56 Å². The van der Waals surface area contributed by atoms with Gasteiger partial charge < -0.3 is 4.74 Å². The number of benzene rings is 1. The quantitative estimate of drug-likeness (QED) is 0.843. The summed E-state index contributed by atoms with van der Waals surface area (Å²) in [5.41, 5.74) is -0.612. The largest absolute Gasteiger partial charge is 0.474 e. The molecule has 0 bridgehead atoms. The number of hydrogen-bond donors (Lipinski definition) is 1. The van der Waals surface area contributed by atoms with Gasteiger partial charge in [-0.25, -0.2) is 8.42 Å². The van der Waals surface area contributed by atoms with Crippen molar-refractivity contribution >= 4 is 21.4 Å². The lowest BCUT2D eigenvalue weighted by Gasteiger charge is -2.12. The summed E-state index contributed by atoms with van der Waals surface area (Å²) in [5, 5.41) is -0.440. The van der Waals surface area contributed by atoms with E-state index in [4.69, 9.17) is 16.3 Å². The van der Waals surface area contributed by atoms with Gasteiger partial charge in [0.05, 0.1) is 22.1 Å². The minimum absolute atomic E-state index is 0.0382. The molecule has 0 radical (unpaired) electrons. The summed E-state index contributed by atoms with van der Waals surface area (Å²) in [4.78, 5) is 17.6. The first-order valence-electron chi connectivity index (χ1n) is 6.62. The molecule has 0 saturated carbocycles. The van der Waals surface area contributed by atoms with Crippen LogP contribution in [0.4, 0.5) is 0 Å². The molecule has 0 spiro atoms. The van der Waals surface area contributed by atoms with E-state index in [1.165, 1.54) is 18.2 Å². The Hall–Kier alpha value is -1.86. The van der Waals surface area contributed by atoms with E-state index in [0.29, 0.717) is 6.42 Å². The topological polar surface area (TPSA) is 89.1 Å². The number of halogens is 1. The lowest BCUT2D eigenvalue weighted by atomic mass is 10.3. The highest BCUT2D eigenvalue weighted by atomic mass is 35.5. The zero-order chi connectivity index (χ0) is 16.3. The molecule has 0 aliphatic rings. The van der Waals surface area contributed by atoms with E-state index in [-0.39, 0.29) is 21.9 Å². The van der Waals surface area contributed by atoms with Crippen LogP contribution in [0.1, 0.15) is 20.3 Å². The van der Waals surface area contributed by atoms with Crippen LogP contribution in [0, 0.1) is 0 Å². The standard InChI is InChI=1S/C14H15ClN2O4S/c1-3-9(2)21-13-8-12(18)16-14(17-13)22(19,20)11-7-5-4-6-10(11)15/h4-9H,3H2,1-2H3,(H,16,17,18). The number of sulfone groups is 1. The molecular weight excluding hydrogens is 328 g/mol. The van der Waals surface area contributed by atoms with Gasteiger partial charge in [-0.1, -0.05) is 30.7 Å². The zero-order valence-corrected chi connectivity index (χ0v) is 13.6. The first kappa shape index (κ1) is 16.5. The Bertz CT molecular complexity index is 833. The van der Waals surface area contributed by atoms with Crippen LogP contribution >= 0.6 is 11.6 Å². The van der Waals surface area contributed by atoms with Crippen molar-refractivity contribution in [1.82, 2.24) is 9.97 Å². The van der Waals surface area contributed by atoms with Crippen molar-refractivity contribution in [2.45, 2.75) is 36.4 Å². The summed E-state index contributed by atoms with van der Waals surface area (Å²) in [5.74, 6) is -0.0382. The van der Waals surface area contributed by atoms with Crippen molar-refractivity contribution in [3.8, 4) is 5.88 Å². The van der Waals surface area contributed by atoms with Gasteiger partial charge in [-0.2, -0.15) is 4.98 Å². The Kier molecular flexibility index (Phi) is 4.87. The van der Waals surface area contributed by atoms with Crippen LogP contribution in [0.25, 0.3) is 0 Å². The number of aromatic nitrogens is 2. The van der Waals surface area contributed by atoms with Gasteiger partial charge in [-0.15, -0.1) is 0 Å². The molecule has 0 aliphatic carbocycles. The maximum Gasteiger partial charge on any atom is 0.255 e. The average Bonchev–Trinajstić information content (AvgIpc) is 2.46. The fraction of sp³-hybridized carbons (Fsp3) is 0.286. The highest BCUT2D eigenvalue weighted by Crippen LogP contribution is 2.25. The predicted octanol–water partition coefficient (Wildman–Crippen LogP) is 2.43. The predicted molar refractivity (Wildman–Crippen MR) is 82.1 cm³/mol. The molecule has 0 saturated heterocycles. The van der Waals surface area contributed by atoms with Crippen molar-refractivity contribution in [2.24, 2.45) is 0 Å². The summed E-state index contributed by atoms with van der Waals surface area (Å²) >= 11 is 5.91. The fourth-order valence-corrected chi connectivity index (χ4v) is 3.33. The molecule has 2 aromatic rings. The first-order chi connectivity index (χ1) is 10.3. The van der Waals surface area contributed by atoms with Gasteiger partial charge in [-0.05, 0) is 25.5 Å². The number of nitrogens with zero attached hydrogens (tertiary/aromatic N) is 1. The van der Waals surface area contributed by atoms with Crippen LogP contribution in [0.15, 0.2) is 45.2 Å². The fourth-order valence-electron chi connectivity index (χ4n) is 1.66. The number of aromatic amines is 1. The van der Waals surface area contributed by atoms with Gasteiger partial charge in [0.15, 0.2) is 0 Å². The van der Waals surface area contributed by atoms with E-state index < -0.39 is 20.6 Å². The molecule has 1 aromatic heterocycles. The molecule has 6 nitrogen and oxygen atoms in total. The number of hydrogen-bond acceptors (Lipinski definition) is 5. The normalized spacial score (nSPS) is 12.9. The number of rotatable bonds is 5. The number of ether oxygens (including phenoxy) is 1. The summed E-state index contributed by atoms with van der Waals surface area (Å²) in [6.07, 6.45) is 0.506. The van der Waals surface area contributed by atoms with Gasteiger partial charge in [-0.3, -0.25) is 9.78 Å². The lowest BCUT2D eigenvalue weighted by Crippen LogP contribution is -2.19. The summed E-state index contributed by atoms with van der Waals surface area (Å²) < 4.78 is 30.5. The maximum absolute atomic E-state index is 12.5. The van der Waals surface area contributed by atoms with Crippen LogP contribution in [0.2, 0.25) is 5.02 Å². The third-order valence-corrected chi connectivity index (χ3v) is 5.05. The summed E-state index contributed by atoms with van der Waals surface area (Å²) in [6, 6.07) is 7.06. The Morgan fingerprint density at radius 2 is 2.05 bits per heavy atom. The molecule has 1 N–H and O–H groups in total. The zero-order valence-electron chi connectivity index (χ0n) is 12.0. The average molecular weight is 343 g/mol. The van der Waals surface area contributed by atoms with Gasteiger partial charge >= 0.3 is 0 Å². The van der Waals surface area contributed by atoms with Crippen molar-refractivity contribution in [2.75, 3.05) is 0 Å². The van der Waals surface area contributed by atoms with E-state index in [9.17, 15) is 13.2 Å². The Morgan fingerprint density at radius 3 is 2.68 bits per heavy atom. The third kappa shape index (κ3) is 3.48. The molecule has 0 amide bonds. The molecule has 22 heavy (non-hydrogen) atoms. The van der Waals surface area contributed by atoms with Gasteiger partial charge in [0.1, 0.15) is 0 Å². The Morgan fingerprint density at radius 1 is 1.36 bits per heavy atom. The molecule has 8 heteroatoms. The summed E-state index contributed by atoms with van der Waals surface area (Å²) in [6.45, 7) is 3.70. The highest BCUT2D eigenvalue weighted by molar-refractivity contribution is 7.91. The van der Waals surface area contributed by atoms with Crippen LogP contribution < -0.4 is 10.3 Å². The molecule has 0 fully saturated rings. The lowest BCUT2D eigenvalue weighted by molar-refractivity contribution is 0.206. The van der Waals surface area contributed by atoms with Gasteiger partial charge in [0, 0.05) is 0 Å².